The molecule has 6 heteroatoms. The van der Waals surface area contributed by atoms with Crippen molar-refractivity contribution < 1.29 is 9.53 Å². The van der Waals surface area contributed by atoms with Crippen molar-refractivity contribution in [2.24, 2.45) is 5.41 Å². The quantitative estimate of drug-likeness (QED) is 0.858. The first kappa shape index (κ1) is 18.4. The number of likely N-dealkylation sites (tertiary alicyclic amines) is 1. The Morgan fingerprint density at radius 2 is 2.04 bits per heavy atom. The van der Waals surface area contributed by atoms with E-state index in [4.69, 9.17) is 4.74 Å². The fraction of sp³-hybridized carbons (Fsp3) is 0.524. The van der Waals surface area contributed by atoms with Crippen LogP contribution in [0, 0.1) is 5.41 Å². The van der Waals surface area contributed by atoms with Gasteiger partial charge in [-0.1, -0.05) is 0 Å². The average Bonchev–Trinajstić information content (AvgIpc) is 3.33. The molecule has 1 amide bonds. The minimum absolute atomic E-state index is 0.208. The van der Waals surface area contributed by atoms with Crippen molar-refractivity contribution in [3.63, 3.8) is 0 Å². The summed E-state index contributed by atoms with van der Waals surface area (Å²) in [6.07, 6.45) is 3.91. The lowest BCUT2D eigenvalue weighted by Gasteiger charge is -2.38. The van der Waals surface area contributed by atoms with Gasteiger partial charge in [0.2, 0.25) is 5.91 Å². The number of aromatic nitrogens is 1. The molecule has 1 aromatic carbocycles. The smallest absolute Gasteiger partial charge is 0.228 e. The van der Waals surface area contributed by atoms with Crippen molar-refractivity contribution in [1.29, 1.82) is 0 Å². The Morgan fingerprint density at radius 3 is 2.70 bits per heavy atom. The molecule has 0 atom stereocenters. The van der Waals surface area contributed by atoms with Gasteiger partial charge in [0.25, 0.3) is 0 Å². The van der Waals surface area contributed by atoms with Gasteiger partial charge < -0.3 is 15.0 Å². The van der Waals surface area contributed by atoms with Gasteiger partial charge in [-0.3, -0.25) is 4.79 Å². The maximum absolute atomic E-state index is 12.7. The van der Waals surface area contributed by atoms with Crippen LogP contribution in [-0.4, -0.2) is 48.6 Å². The van der Waals surface area contributed by atoms with E-state index in [9.17, 15) is 4.79 Å². The SMILES string of the molecule is CCOc1ccc(-c2nc(CC(=O)N3CCC4(CCNC4)CC3)cs2)cc1. The predicted octanol–water partition coefficient (Wildman–Crippen LogP) is 3.35. The molecule has 2 fully saturated rings. The second-order valence-corrected chi connectivity index (χ2v) is 8.44. The van der Waals surface area contributed by atoms with Crippen molar-refractivity contribution >= 4 is 17.2 Å². The van der Waals surface area contributed by atoms with E-state index in [1.807, 2.05) is 41.5 Å². The number of rotatable bonds is 5. The molecule has 27 heavy (non-hydrogen) atoms. The van der Waals surface area contributed by atoms with E-state index >= 15 is 0 Å². The Morgan fingerprint density at radius 1 is 1.26 bits per heavy atom. The maximum atomic E-state index is 12.7. The van der Waals surface area contributed by atoms with Crippen LogP contribution in [0.25, 0.3) is 10.6 Å². The second kappa shape index (κ2) is 7.98. The molecule has 2 aliphatic rings. The minimum atomic E-state index is 0.208. The third kappa shape index (κ3) is 4.17. The average molecular weight is 386 g/mol. The molecule has 1 aromatic heterocycles. The van der Waals surface area contributed by atoms with Gasteiger partial charge in [-0.15, -0.1) is 11.3 Å². The van der Waals surface area contributed by atoms with E-state index in [0.29, 0.717) is 18.4 Å². The normalized spacial score (nSPS) is 18.8. The van der Waals surface area contributed by atoms with Gasteiger partial charge in [0.15, 0.2) is 0 Å². The van der Waals surface area contributed by atoms with Crippen molar-refractivity contribution in [3.05, 3.63) is 35.3 Å². The Balaban J connectivity index is 1.34. The van der Waals surface area contributed by atoms with Crippen LogP contribution in [0.5, 0.6) is 5.75 Å². The maximum Gasteiger partial charge on any atom is 0.228 e. The standard InChI is InChI=1S/C21H27N3O2S/c1-2-26-18-5-3-16(4-6-18)20-23-17(14-27-20)13-19(25)24-11-8-21(9-12-24)7-10-22-15-21/h3-6,14,22H,2,7-13,15H2,1H3. The van der Waals surface area contributed by atoms with E-state index in [0.717, 1.165) is 61.0 Å². The van der Waals surface area contributed by atoms with Gasteiger partial charge in [0.1, 0.15) is 10.8 Å². The molecule has 0 saturated carbocycles. The third-order valence-electron chi connectivity index (χ3n) is 5.81. The van der Waals surface area contributed by atoms with Crippen molar-refractivity contribution in [2.45, 2.75) is 32.6 Å². The van der Waals surface area contributed by atoms with Gasteiger partial charge in [0, 0.05) is 30.6 Å². The Hall–Kier alpha value is -1.92. The van der Waals surface area contributed by atoms with E-state index in [2.05, 4.69) is 10.3 Å². The number of thiazole rings is 1. The third-order valence-corrected chi connectivity index (χ3v) is 6.75. The summed E-state index contributed by atoms with van der Waals surface area (Å²) in [5, 5.41) is 6.44. The number of hydrogen-bond donors (Lipinski definition) is 1. The highest BCUT2D eigenvalue weighted by atomic mass is 32.1. The zero-order valence-electron chi connectivity index (χ0n) is 15.9. The second-order valence-electron chi connectivity index (χ2n) is 7.59. The molecule has 0 unspecified atom stereocenters. The highest BCUT2D eigenvalue weighted by Gasteiger charge is 2.37. The fourth-order valence-corrected chi connectivity index (χ4v) is 4.93. The summed E-state index contributed by atoms with van der Waals surface area (Å²) in [4.78, 5) is 19.4. The zero-order valence-corrected chi connectivity index (χ0v) is 16.7. The predicted molar refractivity (Wildman–Crippen MR) is 108 cm³/mol. The molecule has 0 radical (unpaired) electrons. The van der Waals surface area contributed by atoms with Crippen LogP contribution >= 0.6 is 11.3 Å². The summed E-state index contributed by atoms with van der Waals surface area (Å²) < 4.78 is 5.49. The molecule has 2 aliphatic heterocycles. The molecule has 144 valence electrons. The molecule has 0 bridgehead atoms. The molecule has 2 saturated heterocycles. The van der Waals surface area contributed by atoms with Gasteiger partial charge >= 0.3 is 0 Å². The van der Waals surface area contributed by atoms with E-state index in [1.165, 1.54) is 6.42 Å². The first-order valence-electron chi connectivity index (χ1n) is 9.84. The first-order valence-corrected chi connectivity index (χ1v) is 10.7. The Labute approximate surface area is 164 Å². The summed E-state index contributed by atoms with van der Waals surface area (Å²) in [6, 6.07) is 7.98. The van der Waals surface area contributed by atoms with Gasteiger partial charge in [-0.05, 0) is 62.4 Å². The molecular formula is C21H27N3O2S. The fourth-order valence-electron chi connectivity index (χ4n) is 4.10. The van der Waals surface area contributed by atoms with Crippen molar-refractivity contribution in [2.75, 3.05) is 32.8 Å². The first-order chi connectivity index (χ1) is 13.2. The summed E-state index contributed by atoms with van der Waals surface area (Å²) in [5.74, 6) is 1.08. The summed E-state index contributed by atoms with van der Waals surface area (Å²) in [6.45, 7) is 6.66. The highest BCUT2D eigenvalue weighted by Crippen LogP contribution is 2.37. The summed E-state index contributed by atoms with van der Waals surface area (Å²) >= 11 is 1.59. The van der Waals surface area contributed by atoms with E-state index in [1.54, 1.807) is 11.3 Å². The molecule has 4 rings (SSSR count). The molecule has 5 nitrogen and oxygen atoms in total. The number of nitrogens with one attached hydrogen (secondary N) is 1. The lowest BCUT2D eigenvalue weighted by Crippen LogP contribution is -2.44. The van der Waals surface area contributed by atoms with Crippen molar-refractivity contribution in [3.8, 4) is 16.3 Å². The highest BCUT2D eigenvalue weighted by molar-refractivity contribution is 7.13. The lowest BCUT2D eigenvalue weighted by atomic mass is 9.78. The van der Waals surface area contributed by atoms with Crippen LogP contribution in [0.4, 0.5) is 0 Å². The summed E-state index contributed by atoms with van der Waals surface area (Å²) in [7, 11) is 0. The lowest BCUT2D eigenvalue weighted by molar-refractivity contribution is -0.132. The van der Waals surface area contributed by atoms with Crippen LogP contribution in [0.1, 0.15) is 31.9 Å². The van der Waals surface area contributed by atoms with Gasteiger partial charge in [-0.2, -0.15) is 0 Å². The number of piperidine rings is 1. The van der Waals surface area contributed by atoms with E-state index in [-0.39, 0.29) is 5.91 Å². The molecule has 0 aliphatic carbocycles. The largest absolute Gasteiger partial charge is 0.494 e. The van der Waals surface area contributed by atoms with Crippen LogP contribution in [0.15, 0.2) is 29.6 Å². The molecular weight excluding hydrogens is 358 g/mol. The number of nitrogens with zero attached hydrogens (tertiary/aromatic N) is 2. The molecule has 1 spiro atoms. The van der Waals surface area contributed by atoms with Crippen molar-refractivity contribution in [1.82, 2.24) is 15.2 Å². The Kier molecular flexibility index (Phi) is 5.45. The zero-order chi connectivity index (χ0) is 18.7. The molecule has 1 N–H and O–H groups in total. The molecule has 2 aromatic rings. The number of hydrogen-bond acceptors (Lipinski definition) is 5. The number of benzene rings is 1. The summed E-state index contributed by atoms with van der Waals surface area (Å²) in [5.41, 5.74) is 2.38. The van der Waals surface area contributed by atoms with Gasteiger partial charge in [0.05, 0.1) is 18.7 Å². The Bertz CT molecular complexity index is 771. The number of carbonyl (C=O) groups excluding carboxylic acids is 1. The number of amides is 1. The monoisotopic (exact) mass is 385 g/mol. The topological polar surface area (TPSA) is 54.5 Å². The molecule has 3 heterocycles. The number of ether oxygens (including phenoxy) is 1. The van der Waals surface area contributed by atoms with Crippen LogP contribution in [0.2, 0.25) is 0 Å². The van der Waals surface area contributed by atoms with Crippen LogP contribution in [0.3, 0.4) is 0 Å². The minimum Gasteiger partial charge on any atom is -0.494 e. The van der Waals surface area contributed by atoms with Crippen LogP contribution < -0.4 is 10.1 Å². The van der Waals surface area contributed by atoms with Crippen LogP contribution in [-0.2, 0) is 11.2 Å². The van der Waals surface area contributed by atoms with E-state index < -0.39 is 0 Å². The van der Waals surface area contributed by atoms with Gasteiger partial charge in [-0.25, -0.2) is 4.98 Å². The number of carbonyl (C=O) groups is 1.